The van der Waals surface area contributed by atoms with Gasteiger partial charge in [-0.1, -0.05) is 29.8 Å². The van der Waals surface area contributed by atoms with E-state index in [1.165, 1.54) is 0 Å². The molecule has 0 unspecified atom stereocenters. The Kier molecular flexibility index (Phi) is 4.24. The second-order valence-corrected chi connectivity index (χ2v) is 4.59. The Morgan fingerprint density at radius 2 is 1.89 bits per heavy atom. The molecule has 0 fully saturated rings. The van der Waals surface area contributed by atoms with Crippen LogP contribution in [-0.2, 0) is 6.42 Å². The number of hydrogen-bond acceptors (Lipinski definition) is 2. The lowest BCUT2D eigenvalue weighted by molar-refractivity contribution is 0.472. The molecule has 0 aliphatic carbocycles. The first kappa shape index (κ1) is 12.9. The number of hydrogen-bond donors (Lipinski definition) is 1. The summed E-state index contributed by atoms with van der Waals surface area (Å²) >= 11 is 5.93. The molecule has 0 heterocycles. The van der Waals surface area contributed by atoms with Crippen LogP contribution in [0, 0.1) is 6.92 Å². The summed E-state index contributed by atoms with van der Waals surface area (Å²) in [6.45, 7) is 2.59. The molecule has 2 rings (SSSR count). The van der Waals surface area contributed by atoms with Crippen molar-refractivity contribution >= 4 is 11.6 Å². The summed E-state index contributed by atoms with van der Waals surface area (Å²) in [7, 11) is 0. The number of rotatable bonds is 4. The van der Waals surface area contributed by atoms with Crippen molar-refractivity contribution in [1.82, 2.24) is 0 Å². The second kappa shape index (κ2) is 5.89. The highest BCUT2D eigenvalue weighted by molar-refractivity contribution is 6.30. The predicted octanol–water partition coefficient (Wildman–Crippen LogP) is 3.94. The fraction of sp³-hybridized carbons (Fsp3) is 0.200. The van der Waals surface area contributed by atoms with Gasteiger partial charge in [-0.15, -0.1) is 0 Å². The molecule has 0 aliphatic rings. The van der Waals surface area contributed by atoms with Crippen LogP contribution >= 0.6 is 11.6 Å². The van der Waals surface area contributed by atoms with Gasteiger partial charge in [-0.25, -0.2) is 0 Å². The van der Waals surface area contributed by atoms with E-state index in [0.29, 0.717) is 6.54 Å². The molecule has 3 heteroatoms. The molecule has 0 aliphatic heterocycles. The number of ether oxygens (including phenoxy) is 1. The molecule has 0 saturated heterocycles. The van der Waals surface area contributed by atoms with Gasteiger partial charge >= 0.3 is 0 Å². The smallest absolute Gasteiger partial charge is 0.130 e. The Morgan fingerprint density at radius 3 is 2.61 bits per heavy atom. The van der Waals surface area contributed by atoms with E-state index in [0.717, 1.165) is 34.1 Å². The third kappa shape index (κ3) is 3.03. The molecule has 2 N–H and O–H groups in total. The van der Waals surface area contributed by atoms with Gasteiger partial charge in [0, 0.05) is 5.02 Å². The van der Waals surface area contributed by atoms with Crippen LogP contribution in [0.1, 0.15) is 11.1 Å². The number of aryl methyl sites for hydroxylation is 1. The Hall–Kier alpha value is -1.51. The maximum atomic E-state index is 5.93. The lowest BCUT2D eigenvalue weighted by atomic mass is 10.1. The molecule has 0 atom stereocenters. The van der Waals surface area contributed by atoms with Crippen LogP contribution in [0.5, 0.6) is 11.5 Å². The number of halogens is 1. The summed E-state index contributed by atoms with van der Waals surface area (Å²) in [4.78, 5) is 0. The summed E-state index contributed by atoms with van der Waals surface area (Å²) in [6, 6.07) is 13.6. The minimum absolute atomic E-state index is 0.611. The number of nitrogens with two attached hydrogens (primary N) is 1. The average Bonchev–Trinajstić information content (AvgIpc) is 2.35. The van der Waals surface area contributed by atoms with Gasteiger partial charge in [-0.3, -0.25) is 0 Å². The van der Waals surface area contributed by atoms with E-state index in [1.807, 2.05) is 49.4 Å². The topological polar surface area (TPSA) is 35.2 Å². The molecular weight excluding hydrogens is 246 g/mol. The minimum Gasteiger partial charge on any atom is -0.457 e. The van der Waals surface area contributed by atoms with Crippen molar-refractivity contribution in [2.24, 2.45) is 5.73 Å². The van der Waals surface area contributed by atoms with Crippen molar-refractivity contribution < 1.29 is 4.74 Å². The maximum Gasteiger partial charge on any atom is 0.130 e. The van der Waals surface area contributed by atoms with Crippen LogP contribution in [0.25, 0.3) is 0 Å². The number of para-hydroxylation sites is 1. The molecule has 2 aromatic carbocycles. The van der Waals surface area contributed by atoms with Gasteiger partial charge < -0.3 is 10.5 Å². The summed E-state index contributed by atoms with van der Waals surface area (Å²) in [5.41, 5.74) is 7.74. The van der Waals surface area contributed by atoms with E-state index in [-0.39, 0.29) is 0 Å². The summed E-state index contributed by atoms with van der Waals surface area (Å²) in [5, 5.41) is 0.718. The van der Waals surface area contributed by atoms with E-state index in [2.05, 4.69) is 0 Å². The normalized spacial score (nSPS) is 10.4. The molecule has 0 aromatic heterocycles. The van der Waals surface area contributed by atoms with Crippen molar-refractivity contribution in [1.29, 1.82) is 0 Å². The molecule has 2 aromatic rings. The Bertz CT molecular complexity index is 540. The quantitative estimate of drug-likeness (QED) is 0.905. The molecular formula is C15H16ClNO. The maximum absolute atomic E-state index is 5.93. The SMILES string of the molecule is Cc1cc(Cl)ccc1Oc1ccccc1CCN. The lowest BCUT2D eigenvalue weighted by Gasteiger charge is -2.12. The molecule has 0 saturated carbocycles. The third-order valence-electron chi connectivity index (χ3n) is 2.74. The average molecular weight is 262 g/mol. The van der Waals surface area contributed by atoms with E-state index < -0.39 is 0 Å². The fourth-order valence-electron chi connectivity index (χ4n) is 1.81. The van der Waals surface area contributed by atoms with Crippen molar-refractivity contribution in [3.05, 3.63) is 58.6 Å². The van der Waals surface area contributed by atoms with Crippen LogP contribution in [0.2, 0.25) is 5.02 Å². The fourth-order valence-corrected chi connectivity index (χ4v) is 2.04. The van der Waals surface area contributed by atoms with Gasteiger partial charge in [0.15, 0.2) is 0 Å². The van der Waals surface area contributed by atoms with Gasteiger partial charge in [0.1, 0.15) is 11.5 Å². The van der Waals surface area contributed by atoms with E-state index in [4.69, 9.17) is 22.1 Å². The van der Waals surface area contributed by atoms with Crippen molar-refractivity contribution in [2.45, 2.75) is 13.3 Å². The van der Waals surface area contributed by atoms with Crippen LogP contribution in [0.15, 0.2) is 42.5 Å². The second-order valence-electron chi connectivity index (χ2n) is 4.16. The zero-order valence-corrected chi connectivity index (χ0v) is 11.1. The van der Waals surface area contributed by atoms with Crippen LogP contribution in [0.4, 0.5) is 0 Å². The summed E-state index contributed by atoms with van der Waals surface area (Å²) < 4.78 is 5.93. The molecule has 0 radical (unpaired) electrons. The van der Waals surface area contributed by atoms with E-state index in [1.54, 1.807) is 0 Å². The Balaban J connectivity index is 2.28. The molecule has 0 amide bonds. The molecule has 0 bridgehead atoms. The van der Waals surface area contributed by atoms with Crippen LogP contribution in [0.3, 0.4) is 0 Å². The van der Waals surface area contributed by atoms with Gasteiger partial charge in [0.05, 0.1) is 0 Å². The van der Waals surface area contributed by atoms with Gasteiger partial charge in [-0.05, 0) is 55.3 Å². The molecule has 0 spiro atoms. The first-order valence-electron chi connectivity index (χ1n) is 5.92. The standard InChI is InChI=1S/C15H16ClNO/c1-11-10-13(16)6-7-14(11)18-15-5-3-2-4-12(15)8-9-17/h2-7,10H,8-9,17H2,1H3. The van der Waals surface area contributed by atoms with Gasteiger partial charge in [-0.2, -0.15) is 0 Å². The first-order chi connectivity index (χ1) is 8.70. The monoisotopic (exact) mass is 261 g/mol. The van der Waals surface area contributed by atoms with Gasteiger partial charge in [0.25, 0.3) is 0 Å². The van der Waals surface area contributed by atoms with Crippen molar-refractivity contribution in [3.8, 4) is 11.5 Å². The highest BCUT2D eigenvalue weighted by Crippen LogP contribution is 2.29. The van der Waals surface area contributed by atoms with Crippen molar-refractivity contribution in [3.63, 3.8) is 0 Å². The van der Waals surface area contributed by atoms with Crippen molar-refractivity contribution in [2.75, 3.05) is 6.54 Å². The van der Waals surface area contributed by atoms with E-state index in [9.17, 15) is 0 Å². The van der Waals surface area contributed by atoms with Gasteiger partial charge in [0.2, 0.25) is 0 Å². The first-order valence-corrected chi connectivity index (χ1v) is 6.30. The highest BCUT2D eigenvalue weighted by atomic mass is 35.5. The zero-order chi connectivity index (χ0) is 13.0. The molecule has 18 heavy (non-hydrogen) atoms. The predicted molar refractivity (Wildman–Crippen MR) is 75.5 cm³/mol. The summed E-state index contributed by atoms with van der Waals surface area (Å²) in [5.74, 6) is 1.68. The van der Waals surface area contributed by atoms with Crippen LogP contribution in [-0.4, -0.2) is 6.54 Å². The molecule has 2 nitrogen and oxygen atoms in total. The Labute approximate surface area is 112 Å². The third-order valence-corrected chi connectivity index (χ3v) is 2.98. The largest absolute Gasteiger partial charge is 0.457 e. The Morgan fingerprint density at radius 1 is 1.11 bits per heavy atom. The summed E-state index contributed by atoms with van der Waals surface area (Å²) in [6.07, 6.45) is 0.808. The molecule has 94 valence electrons. The van der Waals surface area contributed by atoms with Crippen LogP contribution < -0.4 is 10.5 Å². The minimum atomic E-state index is 0.611. The number of benzene rings is 2. The highest BCUT2D eigenvalue weighted by Gasteiger charge is 2.06. The lowest BCUT2D eigenvalue weighted by Crippen LogP contribution is -2.04. The zero-order valence-electron chi connectivity index (χ0n) is 10.3. The van der Waals surface area contributed by atoms with E-state index >= 15 is 0 Å².